The number of carbonyl (C=O) groups is 1. The molecule has 2 N–H and O–H groups in total. The third-order valence-corrected chi connectivity index (χ3v) is 7.47. The molecule has 12 heteroatoms. The highest BCUT2D eigenvalue weighted by Crippen LogP contribution is 2.29. The normalized spacial score (nSPS) is 11.1. The van der Waals surface area contributed by atoms with Gasteiger partial charge in [0.15, 0.2) is 0 Å². The van der Waals surface area contributed by atoms with Gasteiger partial charge in [0.05, 0.1) is 42.1 Å². The van der Waals surface area contributed by atoms with E-state index in [1.54, 1.807) is 23.3 Å². The average Bonchev–Trinajstić information content (AvgIpc) is 3.79. The van der Waals surface area contributed by atoms with Crippen LogP contribution in [0.1, 0.15) is 15.9 Å². The second-order valence-corrected chi connectivity index (χ2v) is 10.3. The van der Waals surface area contributed by atoms with Gasteiger partial charge in [-0.1, -0.05) is 59.5 Å². The van der Waals surface area contributed by atoms with Crippen molar-refractivity contribution in [3.63, 3.8) is 0 Å². The fourth-order valence-electron chi connectivity index (χ4n) is 5.13. The number of aliphatic hydroxyl groups excluding tert-OH is 1. The molecule has 0 saturated carbocycles. The number of hydrogen-bond donors (Lipinski definition) is 2. The van der Waals surface area contributed by atoms with Crippen LogP contribution in [-0.4, -0.2) is 63.2 Å². The summed E-state index contributed by atoms with van der Waals surface area (Å²) in [4.78, 5) is 21.1. The van der Waals surface area contributed by atoms with Crippen LogP contribution < -0.4 is 0 Å². The van der Waals surface area contributed by atoms with Gasteiger partial charge in [0.1, 0.15) is 28.6 Å². The van der Waals surface area contributed by atoms with Gasteiger partial charge in [-0.3, -0.25) is 9.97 Å². The Morgan fingerprint density at radius 1 is 0.739 bits per heavy atom. The van der Waals surface area contributed by atoms with E-state index in [0.717, 1.165) is 27.6 Å². The Morgan fingerprint density at radius 2 is 1.35 bits per heavy atom. The molecule has 0 unspecified atom stereocenters. The zero-order valence-electron chi connectivity index (χ0n) is 24.3. The molecule has 0 aliphatic heterocycles. The summed E-state index contributed by atoms with van der Waals surface area (Å²) < 4.78 is 7.82. The number of nitrogens with zero attached hydrogens (tertiary/aromatic N) is 8. The van der Waals surface area contributed by atoms with Gasteiger partial charge < -0.3 is 14.9 Å². The van der Waals surface area contributed by atoms with Crippen molar-refractivity contribution in [2.75, 3.05) is 7.11 Å². The Labute approximate surface area is 261 Å². The minimum atomic E-state index is -0.529. The maximum Gasteiger partial charge on any atom is 0.337 e. The second-order valence-electron chi connectivity index (χ2n) is 10.3. The zero-order chi connectivity index (χ0) is 31.8. The first kappa shape index (κ1) is 28.1. The molecule has 0 spiro atoms. The number of phenols is 1. The quantitative estimate of drug-likeness (QED) is 0.167. The van der Waals surface area contributed by atoms with Crippen molar-refractivity contribution in [3.8, 4) is 51.0 Å². The molecular formula is C34H24N8O4. The Morgan fingerprint density at radius 3 is 1.93 bits per heavy atom. The summed E-state index contributed by atoms with van der Waals surface area (Å²) in [5.41, 5.74) is 6.04. The van der Waals surface area contributed by atoms with E-state index in [0.29, 0.717) is 28.3 Å². The predicted molar refractivity (Wildman–Crippen MR) is 170 cm³/mol. The maximum absolute atomic E-state index is 11.9. The van der Waals surface area contributed by atoms with Crippen molar-refractivity contribution in [2.24, 2.45) is 0 Å². The summed E-state index contributed by atoms with van der Waals surface area (Å²) in [6.07, 6.45) is 6.89. The topological polar surface area (TPSA) is 154 Å². The highest BCUT2D eigenvalue weighted by atomic mass is 16.5. The van der Waals surface area contributed by atoms with Crippen LogP contribution in [-0.2, 0) is 4.74 Å². The van der Waals surface area contributed by atoms with Crippen LogP contribution in [0, 0.1) is 0 Å². The maximum atomic E-state index is 11.9. The second kappa shape index (κ2) is 11.4. The van der Waals surface area contributed by atoms with Gasteiger partial charge in [-0.15, -0.1) is 10.2 Å². The van der Waals surface area contributed by atoms with Crippen molar-refractivity contribution in [1.29, 1.82) is 0 Å². The summed E-state index contributed by atoms with van der Waals surface area (Å²) in [6, 6.07) is 23.3. The number of aromatic nitrogens is 8. The summed E-state index contributed by atoms with van der Waals surface area (Å²) in [7, 11) is 1.29. The van der Waals surface area contributed by atoms with Gasteiger partial charge in [-0.2, -0.15) is 0 Å². The molecule has 0 saturated heterocycles. The van der Waals surface area contributed by atoms with E-state index >= 15 is 0 Å². The molecule has 0 bridgehead atoms. The number of benzene rings is 3. The first-order valence-electron chi connectivity index (χ1n) is 14.0. The molecule has 12 nitrogen and oxygen atoms in total. The average molecular weight is 609 g/mol. The number of carbonyl (C=O) groups excluding carboxylic acids is 1. The smallest absolute Gasteiger partial charge is 0.337 e. The Hall–Kier alpha value is -6.69. The number of aliphatic hydroxyl groups is 1. The zero-order valence-corrected chi connectivity index (χ0v) is 24.3. The highest BCUT2D eigenvalue weighted by molar-refractivity contribution is 5.97. The summed E-state index contributed by atoms with van der Waals surface area (Å²) in [5, 5.41) is 39.0. The molecule has 224 valence electrons. The lowest BCUT2D eigenvalue weighted by Gasteiger charge is -2.09. The largest absolute Gasteiger partial charge is 0.508 e. The number of phenolic OH excluding ortho intramolecular Hbond substituents is 1. The fraction of sp³-hybridized carbons (Fsp3) is 0.0294. The van der Waals surface area contributed by atoms with Gasteiger partial charge in [-0.05, 0) is 41.8 Å². The lowest BCUT2D eigenvalue weighted by atomic mass is 10.0. The number of methoxy groups -OCH3 is 1. The van der Waals surface area contributed by atoms with Gasteiger partial charge in [0.25, 0.3) is 0 Å². The van der Waals surface area contributed by atoms with Gasteiger partial charge >= 0.3 is 5.97 Å². The van der Waals surface area contributed by atoms with Gasteiger partial charge in [0.2, 0.25) is 0 Å². The van der Waals surface area contributed by atoms with Crippen LogP contribution >= 0.6 is 0 Å². The molecule has 4 aromatic heterocycles. The fourth-order valence-corrected chi connectivity index (χ4v) is 5.13. The summed E-state index contributed by atoms with van der Waals surface area (Å²) in [5.74, 6) is -0.591. The van der Waals surface area contributed by atoms with Gasteiger partial charge in [-0.25, -0.2) is 14.2 Å². The van der Waals surface area contributed by atoms with E-state index in [1.807, 2.05) is 66.9 Å². The summed E-state index contributed by atoms with van der Waals surface area (Å²) >= 11 is 0. The van der Waals surface area contributed by atoms with Gasteiger partial charge in [0, 0.05) is 34.5 Å². The third kappa shape index (κ3) is 5.09. The van der Waals surface area contributed by atoms with Crippen LogP contribution in [0.4, 0.5) is 0 Å². The standard InChI is InChI=1S/C34H24N8O4/c1-20(43)24-5-3-7-26-25(24)6-4-8-31(26)41-18-29(37-39-41)27-12-9-22(16-35-27)23-10-13-28(36-17-23)30-19-42(40-38-30)32-15-21(34(45)46-2)11-14-33(32)44/h3-19,43-44H,1H2,2H3. The molecule has 0 fully saturated rings. The highest BCUT2D eigenvalue weighted by Gasteiger charge is 2.15. The summed E-state index contributed by atoms with van der Waals surface area (Å²) in [6.45, 7) is 3.67. The van der Waals surface area contributed by atoms with Crippen LogP contribution in [0.5, 0.6) is 5.75 Å². The van der Waals surface area contributed by atoms with Crippen LogP contribution in [0.25, 0.3) is 61.8 Å². The van der Waals surface area contributed by atoms with Crippen LogP contribution in [0.3, 0.4) is 0 Å². The molecule has 0 amide bonds. The first-order valence-corrected chi connectivity index (χ1v) is 14.0. The van der Waals surface area contributed by atoms with Crippen molar-refractivity contribution in [2.45, 2.75) is 0 Å². The molecule has 7 rings (SSSR count). The Kier molecular flexibility index (Phi) is 6.98. The minimum Gasteiger partial charge on any atom is -0.508 e. The van der Waals surface area contributed by atoms with E-state index in [9.17, 15) is 15.0 Å². The molecular weight excluding hydrogens is 584 g/mol. The SMILES string of the molecule is C=C(O)c1cccc2c(-n3cc(-c4ccc(-c5ccc(-c6cn(-c7cc(C(=O)OC)ccc7O)nn6)nc5)cn4)nn3)cccc12. The number of ether oxygens (including phenoxy) is 1. The molecule has 46 heavy (non-hydrogen) atoms. The molecule has 7 aromatic rings. The first-order chi connectivity index (χ1) is 22.4. The molecule has 0 aliphatic rings. The monoisotopic (exact) mass is 608 g/mol. The number of rotatable bonds is 7. The van der Waals surface area contributed by atoms with E-state index in [2.05, 4.69) is 37.2 Å². The van der Waals surface area contributed by atoms with Crippen molar-refractivity contribution < 1.29 is 19.7 Å². The van der Waals surface area contributed by atoms with E-state index < -0.39 is 5.97 Å². The Balaban J connectivity index is 1.10. The number of aromatic hydroxyl groups is 1. The molecule has 3 aromatic carbocycles. The van der Waals surface area contributed by atoms with Crippen LogP contribution in [0.15, 0.2) is 110 Å². The molecule has 0 radical (unpaired) electrons. The van der Waals surface area contributed by atoms with E-state index in [-0.39, 0.29) is 22.8 Å². The van der Waals surface area contributed by atoms with Crippen molar-refractivity contribution in [3.05, 3.63) is 121 Å². The number of esters is 1. The third-order valence-electron chi connectivity index (χ3n) is 7.47. The lowest BCUT2D eigenvalue weighted by molar-refractivity contribution is 0.0600. The number of pyridine rings is 2. The van der Waals surface area contributed by atoms with Crippen molar-refractivity contribution >= 4 is 22.5 Å². The van der Waals surface area contributed by atoms with E-state index in [1.165, 1.54) is 30.0 Å². The Bertz CT molecular complexity index is 2260. The predicted octanol–water partition coefficient (Wildman–Crippen LogP) is 5.81. The molecule has 0 aliphatic carbocycles. The van der Waals surface area contributed by atoms with E-state index in [4.69, 9.17) is 4.74 Å². The van der Waals surface area contributed by atoms with Crippen molar-refractivity contribution in [1.82, 2.24) is 40.0 Å². The molecule has 0 atom stereocenters. The molecule has 4 heterocycles. The number of hydrogen-bond acceptors (Lipinski definition) is 10. The minimum absolute atomic E-state index is 0.00451. The lowest BCUT2D eigenvalue weighted by Crippen LogP contribution is -2.03. The van der Waals surface area contributed by atoms with Crippen LogP contribution in [0.2, 0.25) is 0 Å². The number of fused-ring (bicyclic) bond motifs is 1.